The van der Waals surface area contributed by atoms with Crippen molar-refractivity contribution < 1.29 is 19.7 Å². The summed E-state index contributed by atoms with van der Waals surface area (Å²) in [5.41, 5.74) is -2.05. The molecule has 134 valence electrons. The van der Waals surface area contributed by atoms with E-state index in [0.717, 1.165) is 6.42 Å². The molecular weight excluding hydrogens is 294 g/mol. The molecule has 1 aliphatic heterocycles. The van der Waals surface area contributed by atoms with Crippen molar-refractivity contribution >= 4 is 6.09 Å². The zero-order chi connectivity index (χ0) is 17.7. The van der Waals surface area contributed by atoms with Crippen molar-refractivity contribution in [2.45, 2.75) is 72.0 Å². The van der Waals surface area contributed by atoms with Crippen molar-refractivity contribution in [1.29, 1.82) is 0 Å². The van der Waals surface area contributed by atoms with Gasteiger partial charge in [-0.25, -0.2) is 4.79 Å². The maximum absolute atomic E-state index is 12.2. The minimum absolute atomic E-state index is 0.0426. The van der Waals surface area contributed by atoms with E-state index in [4.69, 9.17) is 4.74 Å². The highest BCUT2D eigenvalue weighted by atomic mass is 16.6. The van der Waals surface area contributed by atoms with Gasteiger partial charge in [0.2, 0.25) is 0 Å². The van der Waals surface area contributed by atoms with Crippen LogP contribution >= 0.6 is 0 Å². The number of carbonyl (C=O) groups excluding carboxylic acids is 1. The van der Waals surface area contributed by atoms with E-state index in [1.165, 1.54) is 0 Å². The molecular formula is C18H33NO4. The third-order valence-electron chi connectivity index (χ3n) is 5.29. The number of nitrogens with zero attached hydrogens (tertiary/aromatic N) is 1. The molecule has 0 aromatic rings. The van der Waals surface area contributed by atoms with E-state index in [-0.39, 0.29) is 18.1 Å². The molecule has 23 heavy (non-hydrogen) atoms. The number of rotatable bonds is 2. The van der Waals surface area contributed by atoms with Crippen LogP contribution in [-0.2, 0) is 4.74 Å². The Morgan fingerprint density at radius 2 is 1.83 bits per heavy atom. The summed E-state index contributed by atoms with van der Waals surface area (Å²) in [5, 5.41) is 21.3. The molecule has 2 fully saturated rings. The van der Waals surface area contributed by atoms with E-state index in [1.54, 1.807) is 4.90 Å². The monoisotopic (exact) mass is 327 g/mol. The van der Waals surface area contributed by atoms with E-state index in [9.17, 15) is 15.0 Å². The second kappa shape index (κ2) is 5.62. The predicted octanol–water partition coefficient (Wildman–Crippen LogP) is 2.79. The largest absolute Gasteiger partial charge is 0.444 e. The number of hydrogen-bond acceptors (Lipinski definition) is 4. The molecule has 0 bridgehead atoms. The normalized spacial score (nSPS) is 33.0. The molecule has 2 rings (SSSR count). The molecule has 0 spiro atoms. The molecule has 2 aliphatic rings. The number of hydrogen-bond donors (Lipinski definition) is 2. The molecule has 1 aliphatic carbocycles. The van der Waals surface area contributed by atoms with E-state index in [0.29, 0.717) is 31.8 Å². The summed E-state index contributed by atoms with van der Waals surface area (Å²) in [6, 6.07) is 0. The van der Waals surface area contributed by atoms with Crippen LogP contribution in [0.25, 0.3) is 0 Å². The smallest absolute Gasteiger partial charge is 0.410 e. The molecule has 1 saturated heterocycles. The van der Waals surface area contributed by atoms with E-state index in [2.05, 4.69) is 20.8 Å². The van der Waals surface area contributed by atoms with Gasteiger partial charge in [-0.15, -0.1) is 0 Å². The molecule has 5 heteroatoms. The van der Waals surface area contributed by atoms with Crippen LogP contribution in [0.5, 0.6) is 0 Å². The Kier molecular flexibility index (Phi) is 4.53. The lowest BCUT2D eigenvalue weighted by molar-refractivity contribution is -0.211. The first-order chi connectivity index (χ1) is 10.3. The van der Waals surface area contributed by atoms with Gasteiger partial charge in [-0.3, -0.25) is 0 Å². The van der Waals surface area contributed by atoms with Crippen molar-refractivity contribution in [3.63, 3.8) is 0 Å². The van der Waals surface area contributed by atoms with Gasteiger partial charge in [0.15, 0.2) is 0 Å². The Morgan fingerprint density at radius 3 is 2.26 bits per heavy atom. The molecule has 2 unspecified atom stereocenters. The van der Waals surface area contributed by atoms with Gasteiger partial charge in [-0.2, -0.15) is 0 Å². The van der Waals surface area contributed by atoms with Gasteiger partial charge in [0.05, 0.1) is 17.6 Å². The average molecular weight is 327 g/mol. The number of likely N-dealkylation sites (tertiary alicyclic amines) is 1. The fourth-order valence-corrected chi connectivity index (χ4v) is 4.61. The number of aliphatic hydroxyl groups is 2. The summed E-state index contributed by atoms with van der Waals surface area (Å²) < 4.78 is 5.39. The highest BCUT2D eigenvalue weighted by molar-refractivity contribution is 5.69. The Labute approximate surface area is 140 Å². The summed E-state index contributed by atoms with van der Waals surface area (Å²) in [4.78, 5) is 13.8. The molecule has 1 saturated carbocycles. The second-order valence-electron chi connectivity index (χ2n) is 9.66. The van der Waals surface area contributed by atoms with Crippen LogP contribution in [0.4, 0.5) is 4.79 Å². The molecule has 0 aromatic carbocycles. The van der Waals surface area contributed by atoms with E-state index in [1.807, 2.05) is 20.8 Å². The number of aliphatic hydroxyl groups excluding tert-OH is 1. The fraction of sp³-hybridized carbons (Fsp3) is 0.944. The van der Waals surface area contributed by atoms with Crippen molar-refractivity contribution in [3.05, 3.63) is 0 Å². The first-order valence-corrected chi connectivity index (χ1v) is 8.63. The van der Waals surface area contributed by atoms with Gasteiger partial charge in [0.1, 0.15) is 5.60 Å². The van der Waals surface area contributed by atoms with Crippen molar-refractivity contribution in [2.24, 2.45) is 16.7 Å². The van der Waals surface area contributed by atoms with Crippen LogP contribution < -0.4 is 0 Å². The van der Waals surface area contributed by atoms with Crippen LogP contribution in [0.3, 0.4) is 0 Å². The molecule has 2 atom stereocenters. The molecule has 2 N–H and O–H groups in total. The number of carbonyl (C=O) groups is 1. The van der Waals surface area contributed by atoms with Crippen LogP contribution in [-0.4, -0.2) is 52.1 Å². The van der Waals surface area contributed by atoms with Crippen LogP contribution in [0.2, 0.25) is 0 Å². The zero-order valence-corrected chi connectivity index (χ0v) is 15.5. The van der Waals surface area contributed by atoms with E-state index < -0.39 is 16.6 Å². The Hall–Kier alpha value is -0.810. The lowest BCUT2D eigenvalue weighted by Gasteiger charge is -2.61. The maximum atomic E-state index is 12.2. The minimum atomic E-state index is -0.929. The summed E-state index contributed by atoms with van der Waals surface area (Å²) in [5.74, 6) is 0.405. The fourth-order valence-electron chi connectivity index (χ4n) is 4.61. The Balaban J connectivity index is 2.11. The van der Waals surface area contributed by atoms with Crippen molar-refractivity contribution in [1.82, 2.24) is 4.90 Å². The first kappa shape index (κ1) is 18.5. The van der Waals surface area contributed by atoms with Gasteiger partial charge in [0, 0.05) is 13.1 Å². The summed E-state index contributed by atoms with van der Waals surface area (Å²) in [6.07, 6.45) is 2.05. The summed E-state index contributed by atoms with van der Waals surface area (Å²) >= 11 is 0. The van der Waals surface area contributed by atoms with Crippen LogP contribution in [0.1, 0.15) is 60.8 Å². The quantitative estimate of drug-likeness (QED) is 0.818. The maximum Gasteiger partial charge on any atom is 0.410 e. The SMILES string of the molecule is CC1CC(C)(C)CC(O)(C2(CO)CN(C(=O)OC(C)(C)C)C2)C1. The van der Waals surface area contributed by atoms with Gasteiger partial charge in [-0.1, -0.05) is 20.8 Å². The average Bonchev–Trinajstić information content (AvgIpc) is 2.20. The van der Waals surface area contributed by atoms with Crippen LogP contribution in [0, 0.1) is 16.7 Å². The predicted molar refractivity (Wildman–Crippen MR) is 89.1 cm³/mol. The molecule has 5 nitrogen and oxygen atoms in total. The summed E-state index contributed by atoms with van der Waals surface area (Å²) in [7, 11) is 0. The molecule has 1 amide bonds. The second-order valence-corrected chi connectivity index (χ2v) is 9.66. The van der Waals surface area contributed by atoms with Crippen molar-refractivity contribution in [2.75, 3.05) is 19.7 Å². The van der Waals surface area contributed by atoms with Crippen LogP contribution in [0.15, 0.2) is 0 Å². The zero-order valence-electron chi connectivity index (χ0n) is 15.5. The van der Waals surface area contributed by atoms with E-state index >= 15 is 0 Å². The molecule has 1 heterocycles. The third kappa shape index (κ3) is 3.66. The standard InChI is InChI=1S/C18H33NO4/c1-13-7-16(5,6)9-18(22,8-13)17(12-20)10-19(11-17)14(21)23-15(2,3)4/h13,20,22H,7-12H2,1-6H3. The topological polar surface area (TPSA) is 70.0 Å². The number of amides is 1. The lowest BCUT2D eigenvalue weighted by atomic mass is 9.54. The highest BCUT2D eigenvalue weighted by Gasteiger charge is 2.61. The third-order valence-corrected chi connectivity index (χ3v) is 5.29. The van der Waals surface area contributed by atoms with Crippen molar-refractivity contribution in [3.8, 4) is 0 Å². The Morgan fingerprint density at radius 1 is 1.26 bits per heavy atom. The molecule has 0 aromatic heterocycles. The van der Waals surface area contributed by atoms with Gasteiger partial charge in [-0.05, 0) is 51.4 Å². The number of ether oxygens (including phenoxy) is 1. The van der Waals surface area contributed by atoms with Gasteiger partial charge >= 0.3 is 6.09 Å². The Bertz CT molecular complexity index is 462. The first-order valence-electron chi connectivity index (χ1n) is 8.63. The molecule has 0 radical (unpaired) electrons. The highest BCUT2D eigenvalue weighted by Crippen LogP contribution is 2.54. The van der Waals surface area contributed by atoms with Gasteiger partial charge < -0.3 is 19.8 Å². The minimum Gasteiger partial charge on any atom is -0.444 e. The summed E-state index contributed by atoms with van der Waals surface area (Å²) in [6.45, 7) is 12.6. The lowest BCUT2D eigenvalue weighted by Crippen LogP contribution is -2.72. The van der Waals surface area contributed by atoms with Gasteiger partial charge in [0.25, 0.3) is 0 Å².